The summed E-state index contributed by atoms with van der Waals surface area (Å²) in [6.45, 7) is 12.8. The summed E-state index contributed by atoms with van der Waals surface area (Å²) in [6.07, 6.45) is 0. The third kappa shape index (κ3) is 5.93. The van der Waals surface area contributed by atoms with E-state index < -0.39 is 0 Å². The number of carbonyl (C=O) groups excluding carboxylic acids is 2. The highest BCUT2D eigenvalue weighted by atomic mass is 16.3. The van der Waals surface area contributed by atoms with Crippen LogP contribution in [0.15, 0.2) is 0 Å². The maximum Gasteiger partial charge on any atom is 0.312 e. The third-order valence-electron chi connectivity index (χ3n) is 3.72. The molecule has 0 radical (unpaired) electrons. The van der Waals surface area contributed by atoms with Crippen LogP contribution in [0.3, 0.4) is 0 Å². The molecule has 0 unspecified atom stereocenters. The largest absolute Gasteiger partial charge is 0.395 e. The first-order valence-corrected chi connectivity index (χ1v) is 8.26. The minimum absolute atomic E-state index is 0.128. The van der Waals surface area contributed by atoms with Gasteiger partial charge in [0.2, 0.25) is 0 Å². The van der Waals surface area contributed by atoms with Crippen molar-refractivity contribution in [2.24, 2.45) is 11.8 Å². The Morgan fingerprint density at radius 2 is 1.50 bits per heavy atom. The van der Waals surface area contributed by atoms with Gasteiger partial charge in [0.05, 0.1) is 6.61 Å². The Morgan fingerprint density at radius 1 is 1.00 bits per heavy atom. The number of hydrogen-bond acceptors (Lipinski definition) is 4. The first-order chi connectivity index (χ1) is 10.3. The molecule has 0 spiro atoms. The van der Waals surface area contributed by atoms with Crippen LogP contribution in [0.1, 0.15) is 27.7 Å². The van der Waals surface area contributed by atoms with Gasteiger partial charge >= 0.3 is 11.8 Å². The van der Waals surface area contributed by atoms with E-state index in [4.69, 9.17) is 5.11 Å². The van der Waals surface area contributed by atoms with Gasteiger partial charge in [0.25, 0.3) is 0 Å². The molecule has 2 amide bonds. The van der Waals surface area contributed by atoms with Crippen molar-refractivity contribution in [1.82, 2.24) is 14.7 Å². The molecular weight excluding hydrogens is 282 g/mol. The molecule has 0 saturated carbocycles. The zero-order valence-corrected chi connectivity index (χ0v) is 14.4. The monoisotopic (exact) mass is 313 g/mol. The Labute approximate surface area is 134 Å². The molecule has 0 aromatic carbocycles. The average Bonchev–Trinajstić information content (AvgIpc) is 2.45. The van der Waals surface area contributed by atoms with Crippen LogP contribution in [0.4, 0.5) is 0 Å². The molecule has 0 aromatic heterocycles. The molecule has 128 valence electrons. The van der Waals surface area contributed by atoms with Crippen molar-refractivity contribution >= 4 is 11.8 Å². The van der Waals surface area contributed by atoms with Gasteiger partial charge in [0, 0.05) is 45.8 Å². The van der Waals surface area contributed by atoms with Crippen LogP contribution in [0.2, 0.25) is 0 Å². The van der Waals surface area contributed by atoms with Gasteiger partial charge in [-0.2, -0.15) is 0 Å². The lowest BCUT2D eigenvalue weighted by molar-refractivity contribution is -0.153. The Morgan fingerprint density at radius 3 is 1.91 bits per heavy atom. The van der Waals surface area contributed by atoms with Crippen molar-refractivity contribution in [3.63, 3.8) is 0 Å². The molecule has 1 rings (SSSR count). The van der Waals surface area contributed by atoms with Crippen molar-refractivity contribution in [1.29, 1.82) is 0 Å². The molecule has 22 heavy (non-hydrogen) atoms. The first kappa shape index (κ1) is 18.9. The minimum Gasteiger partial charge on any atom is -0.395 e. The van der Waals surface area contributed by atoms with E-state index in [0.717, 1.165) is 0 Å². The lowest BCUT2D eigenvalue weighted by Crippen LogP contribution is -2.54. The van der Waals surface area contributed by atoms with Gasteiger partial charge in [-0.1, -0.05) is 27.7 Å². The van der Waals surface area contributed by atoms with Crippen LogP contribution in [-0.4, -0.2) is 84.0 Å². The summed E-state index contributed by atoms with van der Waals surface area (Å²) in [4.78, 5) is 30.4. The van der Waals surface area contributed by atoms with Gasteiger partial charge in [-0.25, -0.2) is 0 Å². The summed E-state index contributed by atoms with van der Waals surface area (Å²) in [5.41, 5.74) is 0. The molecule has 6 nitrogen and oxygen atoms in total. The van der Waals surface area contributed by atoms with Crippen molar-refractivity contribution in [2.75, 3.05) is 52.4 Å². The van der Waals surface area contributed by atoms with E-state index in [9.17, 15) is 9.59 Å². The molecule has 0 atom stereocenters. The summed E-state index contributed by atoms with van der Waals surface area (Å²) in [6, 6.07) is 0. The second-order valence-electron chi connectivity index (χ2n) is 6.86. The first-order valence-electron chi connectivity index (χ1n) is 8.26. The number of hydrogen-bond donors (Lipinski definition) is 1. The number of aliphatic hydroxyl groups excluding tert-OH is 1. The van der Waals surface area contributed by atoms with Crippen molar-refractivity contribution < 1.29 is 14.7 Å². The normalized spacial score (nSPS) is 16.4. The second kappa shape index (κ2) is 9.10. The van der Waals surface area contributed by atoms with E-state index >= 15 is 0 Å². The molecule has 6 heteroatoms. The number of nitrogens with zero attached hydrogens (tertiary/aromatic N) is 3. The molecule has 1 N–H and O–H groups in total. The zero-order valence-electron chi connectivity index (χ0n) is 14.4. The van der Waals surface area contributed by atoms with E-state index in [-0.39, 0.29) is 18.4 Å². The molecule has 1 saturated heterocycles. The molecule has 1 heterocycles. The highest BCUT2D eigenvalue weighted by Crippen LogP contribution is 2.08. The third-order valence-corrected chi connectivity index (χ3v) is 3.72. The van der Waals surface area contributed by atoms with Crippen LogP contribution in [0.25, 0.3) is 0 Å². The molecule has 0 aromatic rings. The molecule has 0 bridgehead atoms. The van der Waals surface area contributed by atoms with Crippen molar-refractivity contribution in [3.05, 3.63) is 0 Å². The fraction of sp³-hybridized carbons (Fsp3) is 0.875. The topological polar surface area (TPSA) is 64.1 Å². The van der Waals surface area contributed by atoms with Crippen LogP contribution in [0.5, 0.6) is 0 Å². The van der Waals surface area contributed by atoms with Gasteiger partial charge in [-0.15, -0.1) is 0 Å². The van der Waals surface area contributed by atoms with Crippen LogP contribution in [-0.2, 0) is 9.59 Å². The number of rotatable bonds is 6. The fourth-order valence-electron chi connectivity index (χ4n) is 2.71. The average molecular weight is 313 g/mol. The summed E-state index contributed by atoms with van der Waals surface area (Å²) < 4.78 is 0. The lowest BCUT2D eigenvalue weighted by atomic mass is 10.1. The van der Waals surface area contributed by atoms with Crippen LogP contribution in [0, 0.1) is 11.8 Å². The summed E-state index contributed by atoms with van der Waals surface area (Å²) >= 11 is 0. The lowest BCUT2D eigenvalue weighted by Gasteiger charge is -2.35. The predicted molar refractivity (Wildman–Crippen MR) is 86.4 cm³/mol. The maximum absolute atomic E-state index is 12.5. The van der Waals surface area contributed by atoms with E-state index in [1.807, 2.05) is 0 Å². The quantitative estimate of drug-likeness (QED) is 0.715. The molecular formula is C16H31N3O3. The number of amides is 2. The maximum atomic E-state index is 12.5. The van der Waals surface area contributed by atoms with Crippen LogP contribution < -0.4 is 0 Å². The zero-order chi connectivity index (χ0) is 16.7. The van der Waals surface area contributed by atoms with E-state index in [0.29, 0.717) is 57.6 Å². The summed E-state index contributed by atoms with van der Waals surface area (Å²) in [7, 11) is 0. The van der Waals surface area contributed by atoms with Gasteiger partial charge in [0.1, 0.15) is 0 Å². The predicted octanol–water partition coefficient (Wildman–Crippen LogP) is 0.264. The second-order valence-corrected chi connectivity index (χ2v) is 6.86. The Bertz CT molecular complexity index is 354. The smallest absolute Gasteiger partial charge is 0.312 e. The number of aliphatic hydroxyl groups is 1. The SMILES string of the molecule is CC(C)CN(CC(C)C)C(=O)C(=O)N1CCN(CCO)CC1. The van der Waals surface area contributed by atoms with E-state index in [1.165, 1.54) is 0 Å². The van der Waals surface area contributed by atoms with Gasteiger partial charge in [-0.05, 0) is 11.8 Å². The Kier molecular flexibility index (Phi) is 7.82. The Balaban J connectivity index is 2.60. The van der Waals surface area contributed by atoms with E-state index in [1.54, 1.807) is 9.80 Å². The highest BCUT2D eigenvalue weighted by Gasteiger charge is 2.29. The van der Waals surface area contributed by atoms with Gasteiger partial charge in [-0.3, -0.25) is 14.5 Å². The van der Waals surface area contributed by atoms with Gasteiger partial charge in [0.15, 0.2) is 0 Å². The summed E-state index contributed by atoms with van der Waals surface area (Å²) in [5.74, 6) is -0.0724. The molecule has 0 aliphatic carbocycles. The minimum atomic E-state index is -0.384. The molecule has 1 aliphatic rings. The van der Waals surface area contributed by atoms with Crippen molar-refractivity contribution in [3.8, 4) is 0 Å². The number of carbonyl (C=O) groups is 2. The van der Waals surface area contributed by atoms with Crippen molar-refractivity contribution in [2.45, 2.75) is 27.7 Å². The highest BCUT2D eigenvalue weighted by molar-refractivity contribution is 6.34. The molecule has 1 fully saturated rings. The number of β-amino-alcohol motifs (C(OH)–C–C–N with tert-alkyl or cyclic N) is 1. The Hall–Kier alpha value is -1.14. The molecule has 1 aliphatic heterocycles. The van der Waals surface area contributed by atoms with Crippen LogP contribution >= 0.6 is 0 Å². The fourth-order valence-corrected chi connectivity index (χ4v) is 2.71. The summed E-state index contributed by atoms with van der Waals surface area (Å²) in [5, 5.41) is 8.94. The standard InChI is InChI=1S/C16H31N3O3/c1-13(2)11-19(12-14(3)4)16(22)15(21)18-7-5-17(6-8-18)9-10-20/h13-14,20H,5-12H2,1-4H3. The van der Waals surface area contributed by atoms with E-state index in [2.05, 4.69) is 32.6 Å². The number of piperazine rings is 1. The van der Waals surface area contributed by atoms with Gasteiger partial charge < -0.3 is 14.9 Å².